The van der Waals surface area contributed by atoms with E-state index in [1.165, 1.54) is 5.56 Å². The van der Waals surface area contributed by atoms with Crippen LogP contribution in [0, 0.1) is 0 Å². The maximum absolute atomic E-state index is 12.1. The number of amides is 2. The Morgan fingerprint density at radius 3 is 2.10 bits per heavy atom. The van der Waals surface area contributed by atoms with E-state index >= 15 is 0 Å². The molecule has 2 amide bonds. The smallest absolute Gasteiger partial charge is 0.276 e. The van der Waals surface area contributed by atoms with Crippen LogP contribution in [0.25, 0.3) is 0 Å². The van der Waals surface area contributed by atoms with Crippen LogP contribution in [0.15, 0.2) is 48.5 Å². The Morgan fingerprint density at radius 2 is 1.48 bits per heavy atom. The molecule has 29 heavy (non-hydrogen) atoms. The van der Waals surface area contributed by atoms with Gasteiger partial charge in [-0.1, -0.05) is 26.0 Å². The van der Waals surface area contributed by atoms with Crippen LogP contribution in [0.4, 0.5) is 0 Å². The molecule has 0 unspecified atom stereocenters. The number of hydrogen-bond donors (Lipinski definition) is 2. The van der Waals surface area contributed by atoms with E-state index in [0.29, 0.717) is 42.8 Å². The third kappa shape index (κ3) is 7.83. The summed E-state index contributed by atoms with van der Waals surface area (Å²) in [5, 5.41) is 0. The molecule has 7 heteroatoms. The lowest BCUT2D eigenvalue weighted by molar-refractivity contribution is -0.123. The Balaban J connectivity index is 1.71. The lowest BCUT2D eigenvalue weighted by atomic mass is 10.0. The summed E-state index contributed by atoms with van der Waals surface area (Å²) in [6, 6.07) is 14.2. The zero-order chi connectivity index (χ0) is 21.1. The summed E-state index contributed by atoms with van der Waals surface area (Å²) < 4.78 is 16.1. The Labute approximate surface area is 171 Å². The van der Waals surface area contributed by atoms with Gasteiger partial charge in [-0.2, -0.15) is 0 Å². The van der Waals surface area contributed by atoms with Crippen molar-refractivity contribution in [3.63, 3.8) is 0 Å². The Kier molecular flexibility index (Phi) is 8.98. The van der Waals surface area contributed by atoms with Crippen LogP contribution in [0.3, 0.4) is 0 Å². The van der Waals surface area contributed by atoms with E-state index in [2.05, 4.69) is 24.7 Å². The molecule has 0 aliphatic rings. The summed E-state index contributed by atoms with van der Waals surface area (Å²) in [6.45, 7) is 7.52. The molecule has 7 nitrogen and oxygen atoms in total. The van der Waals surface area contributed by atoms with Gasteiger partial charge < -0.3 is 14.2 Å². The van der Waals surface area contributed by atoms with E-state index in [-0.39, 0.29) is 6.61 Å². The van der Waals surface area contributed by atoms with E-state index in [1.807, 2.05) is 31.2 Å². The number of nitrogens with one attached hydrogen (secondary N) is 2. The SMILES string of the molecule is CCOCCOc1ccc(C(=O)NNC(=O)COc2ccc(C(C)C)cc2)cc1. The molecule has 2 aromatic carbocycles. The molecule has 2 N–H and O–H groups in total. The van der Waals surface area contributed by atoms with Crippen molar-refractivity contribution in [2.24, 2.45) is 0 Å². The second-order valence-electron chi connectivity index (χ2n) is 6.58. The van der Waals surface area contributed by atoms with E-state index in [9.17, 15) is 9.59 Å². The van der Waals surface area contributed by atoms with Crippen LogP contribution in [0.1, 0.15) is 42.6 Å². The van der Waals surface area contributed by atoms with Gasteiger partial charge in [0.2, 0.25) is 0 Å². The van der Waals surface area contributed by atoms with Crippen molar-refractivity contribution in [2.45, 2.75) is 26.7 Å². The molecule has 0 spiro atoms. The third-order valence-corrected chi connectivity index (χ3v) is 4.05. The molecule has 0 heterocycles. The third-order valence-electron chi connectivity index (χ3n) is 4.05. The van der Waals surface area contributed by atoms with Gasteiger partial charge in [0, 0.05) is 12.2 Å². The summed E-state index contributed by atoms with van der Waals surface area (Å²) in [4.78, 5) is 24.0. The molecule has 0 aliphatic carbocycles. The molecule has 0 bridgehead atoms. The summed E-state index contributed by atoms with van der Waals surface area (Å²) in [6.07, 6.45) is 0. The van der Waals surface area contributed by atoms with Gasteiger partial charge in [0.15, 0.2) is 6.61 Å². The minimum absolute atomic E-state index is 0.200. The summed E-state index contributed by atoms with van der Waals surface area (Å²) in [7, 11) is 0. The lowest BCUT2D eigenvalue weighted by Gasteiger charge is -2.10. The van der Waals surface area contributed by atoms with Crippen molar-refractivity contribution in [3.8, 4) is 11.5 Å². The minimum Gasteiger partial charge on any atom is -0.491 e. The van der Waals surface area contributed by atoms with Crippen LogP contribution >= 0.6 is 0 Å². The molecule has 0 aromatic heterocycles. The van der Waals surface area contributed by atoms with Crippen molar-refractivity contribution < 1.29 is 23.8 Å². The monoisotopic (exact) mass is 400 g/mol. The number of rotatable bonds is 10. The normalized spacial score (nSPS) is 10.5. The van der Waals surface area contributed by atoms with Crippen LogP contribution in [0.5, 0.6) is 11.5 Å². The fraction of sp³-hybridized carbons (Fsp3) is 0.364. The fourth-order valence-corrected chi connectivity index (χ4v) is 2.40. The van der Waals surface area contributed by atoms with Crippen molar-refractivity contribution in [1.29, 1.82) is 0 Å². The van der Waals surface area contributed by atoms with Gasteiger partial charge >= 0.3 is 0 Å². The largest absolute Gasteiger partial charge is 0.491 e. The highest BCUT2D eigenvalue weighted by Crippen LogP contribution is 2.18. The molecule has 0 saturated carbocycles. The average molecular weight is 400 g/mol. The van der Waals surface area contributed by atoms with Gasteiger partial charge in [-0.25, -0.2) is 0 Å². The quantitative estimate of drug-likeness (QED) is 0.473. The molecule has 2 aromatic rings. The van der Waals surface area contributed by atoms with E-state index in [4.69, 9.17) is 14.2 Å². The number of carbonyl (C=O) groups is 2. The van der Waals surface area contributed by atoms with Gasteiger partial charge in [0.25, 0.3) is 11.8 Å². The Hall–Kier alpha value is -3.06. The molecular formula is C22H28N2O5. The van der Waals surface area contributed by atoms with Gasteiger partial charge in [-0.3, -0.25) is 20.4 Å². The zero-order valence-electron chi connectivity index (χ0n) is 17.1. The molecule has 0 saturated heterocycles. The molecule has 0 radical (unpaired) electrons. The highest BCUT2D eigenvalue weighted by molar-refractivity contribution is 5.95. The molecule has 2 rings (SSSR count). The topological polar surface area (TPSA) is 85.9 Å². The van der Waals surface area contributed by atoms with Crippen molar-refractivity contribution >= 4 is 11.8 Å². The Bertz CT molecular complexity index is 773. The molecule has 156 valence electrons. The predicted molar refractivity (Wildman–Crippen MR) is 110 cm³/mol. The van der Waals surface area contributed by atoms with Crippen molar-refractivity contribution in [1.82, 2.24) is 10.9 Å². The first-order chi connectivity index (χ1) is 14.0. The van der Waals surface area contributed by atoms with Crippen molar-refractivity contribution in [3.05, 3.63) is 59.7 Å². The van der Waals surface area contributed by atoms with E-state index in [0.717, 1.165) is 0 Å². The van der Waals surface area contributed by atoms with Gasteiger partial charge in [0.1, 0.15) is 18.1 Å². The first-order valence-corrected chi connectivity index (χ1v) is 9.62. The number of hydrazine groups is 1. The lowest BCUT2D eigenvalue weighted by Crippen LogP contribution is -2.43. The zero-order valence-corrected chi connectivity index (χ0v) is 17.1. The fourth-order valence-electron chi connectivity index (χ4n) is 2.40. The predicted octanol–water partition coefficient (Wildman–Crippen LogP) is 3.07. The second kappa shape index (κ2) is 11.7. The highest BCUT2D eigenvalue weighted by atomic mass is 16.5. The van der Waals surface area contributed by atoms with Gasteiger partial charge in [-0.15, -0.1) is 0 Å². The molecule has 0 aliphatic heterocycles. The maximum atomic E-state index is 12.1. The number of benzene rings is 2. The second-order valence-corrected chi connectivity index (χ2v) is 6.58. The summed E-state index contributed by atoms with van der Waals surface area (Å²) in [5.74, 6) is 0.777. The van der Waals surface area contributed by atoms with E-state index < -0.39 is 11.8 Å². The van der Waals surface area contributed by atoms with E-state index in [1.54, 1.807) is 24.3 Å². The summed E-state index contributed by atoms with van der Waals surface area (Å²) >= 11 is 0. The van der Waals surface area contributed by atoms with Gasteiger partial charge in [-0.05, 0) is 54.8 Å². The molecule has 0 atom stereocenters. The van der Waals surface area contributed by atoms with Crippen molar-refractivity contribution in [2.75, 3.05) is 26.4 Å². The van der Waals surface area contributed by atoms with Crippen LogP contribution in [-0.2, 0) is 9.53 Å². The average Bonchev–Trinajstić information content (AvgIpc) is 2.74. The first kappa shape index (κ1) is 22.2. The number of ether oxygens (including phenoxy) is 3. The Morgan fingerprint density at radius 1 is 0.862 bits per heavy atom. The highest BCUT2D eigenvalue weighted by Gasteiger charge is 2.09. The van der Waals surface area contributed by atoms with Crippen LogP contribution in [-0.4, -0.2) is 38.2 Å². The standard InChI is InChI=1S/C22H28N2O5/c1-4-27-13-14-28-19-11-7-18(8-12-19)22(26)24-23-21(25)15-29-20-9-5-17(6-10-20)16(2)3/h5-12,16H,4,13-15H2,1-3H3,(H,23,25)(H,24,26). The van der Waals surface area contributed by atoms with Crippen LogP contribution < -0.4 is 20.3 Å². The summed E-state index contributed by atoms with van der Waals surface area (Å²) in [5.41, 5.74) is 6.28. The number of carbonyl (C=O) groups excluding carboxylic acids is 2. The van der Waals surface area contributed by atoms with Crippen LogP contribution in [0.2, 0.25) is 0 Å². The molecule has 0 fully saturated rings. The number of hydrogen-bond acceptors (Lipinski definition) is 5. The molecular weight excluding hydrogens is 372 g/mol. The maximum Gasteiger partial charge on any atom is 0.276 e. The minimum atomic E-state index is -0.456. The van der Waals surface area contributed by atoms with Gasteiger partial charge in [0.05, 0.1) is 6.61 Å². The first-order valence-electron chi connectivity index (χ1n) is 9.62.